The number of carbonyl (C=O) groups excluding carboxylic acids is 1. The maximum Gasteiger partial charge on any atom is 0.253 e. The zero-order valence-electron chi connectivity index (χ0n) is 11.7. The minimum atomic E-state index is -0.467. The number of amides is 1. The number of carbonyl (C=O) groups is 1. The van der Waals surface area contributed by atoms with Crippen molar-refractivity contribution < 1.29 is 9.53 Å². The topological polar surface area (TPSA) is 55.6 Å². The lowest BCUT2D eigenvalue weighted by atomic mass is 9.89. The normalized spacial score (nSPS) is 22.3. The van der Waals surface area contributed by atoms with Gasteiger partial charge in [0.15, 0.2) is 0 Å². The predicted octanol–water partition coefficient (Wildman–Crippen LogP) is 1.67. The Morgan fingerprint density at radius 2 is 2.06 bits per heavy atom. The summed E-state index contributed by atoms with van der Waals surface area (Å²) in [5, 5.41) is 0. The van der Waals surface area contributed by atoms with Gasteiger partial charge >= 0.3 is 0 Å². The summed E-state index contributed by atoms with van der Waals surface area (Å²) in [6, 6.07) is 0. The number of hydrogen-bond acceptors (Lipinski definition) is 3. The maximum atomic E-state index is 12.1. The molecule has 4 nitrogen and oxygen atoms in total. The largest absolute Gasteiger partial charge is 0.370 e. The van der Waals surface area contributed by atoms with Gasteiger partial charge in [0.1, 0.15) is 6.10 Å². The summed E-state index contributed by atoms with van der Waals surface area (Å²) >= 11 is 0. The van der Waals surface area contributed by atoms with Crippen LogP contribution in [0.1, 0.15) is 33.1 Å². The first-order chi connectivity index (χ1) is 8.10. The van der Waals surface area contributed by atoms with Gasteiger partial charge in [-0.05, 0) is 31.1 Å². The number of nitrogens with two attached hydrogens (primary N) is 1. The lowest BCUT2D eigenvalue weighted by Gasteiger charge is -2.25. The molecule has 1 amide bonds. The summed E-state index contributed by atoms with van der Waals surface area (Å²) in [6.07, 6.45) is 2.95. The molecule has 2 unspecified atom stereocenters. The van der Waals surface area contributed by atoms with Crippen LogP contribution in [0.2, 0.25) is 0 Å². The van der Waals surface area contributed by atoms with Gasteiger partial charge in [-0.15, -0.1) is 12.4 Å². The monoisotopic (exact) mass is 278 g/mol. The van der Waals surface area contributed by atoms with Crippen LogP contribution in [0.15, 0.2) is 0 Å². The number of hydrogen-bond donors (Lipinski definition) is 1. The molecule has 18 heavy (non-hydrogen) atoms. The molecule has 1 aliphatic rings. The lowest BCUT2D eigenvalue weighted by Crippen LogP contribution is -2.44. The fourth-order valence-corrected chi connectivity index (χ4v) is 2.51. The second-order valence-electron chi connectivity index (χ2n) is 5.22. The van der Waals surface area contributed by atoms with Gasteiger partial charge in [-0.1, -0.05) is 13.8 Å². The van der Waals surface area contributed by atoms with Crippen molar-refractivity contribution in [2.75, 3.05) is 26.7 Å². The van der Waals surface area contributed by atoms with Crippen LogP contribution in [0, 0.1) is 11.8 Å². The van der Waals surface area contributed by atoms with Crippen LogP contribution in [0.5, 0.6) is 0 Å². The Hall–Kier alpha value is -0.320. The first-order valence-corrected chi connectivity index (χ1v) is 6.61. The van der Waals surface area contributed by atoms with Crippen LogP contribution in [0.4, 0.5) is 0 Å². The van der Waals surface area contributed by atoms with Crippen molar-refractivity contribution in [1.82, 2.24) is 4.90 Å². The van der Waals surface area contributed by atoms with Gasteiger partial charge in [-0.3, -0.25) is 4.79 Å². The van der Waals surface area contributed by atoms with E-state index in [1.54, 1.807) is 7.11 Å². The molecule has 2 atom stereocenters. The minimum absolute atomic E-state index is 0. The lowest BCUT2D eigenvalue weighted by molar-refractivity contribution is -0.141. The van der Waals surface area contributed by atoms with E-state index in [4.69, 9.17) is 10.5 Å². The Morgan fingerprint density at radius 3 is 2.56 bits per heavy atom. The van der Waals surface area contributed by atoms with Gasteiger partial charge in [0.05, 0.1) is 0 Å². The molecule has 0 spiro atoms. The molecule has 1 heterocycles. The third-order valence-corrected chi connectivity index (χ3v) is 3.80. The number of rotatable bonds is 4. The van der Waals surface area contributed by atoms with E-state index in [0.29, 0.717) is 5.92 Å². The third kappa shape index (κ3) is 4.75. The van der Waals surface area contributed by atoms with Crippen LogP contribution < -0.4 is 5.73 Å². The molecule has 0 aromatic rings. The second-order valence-corrected chi connectivity index (χ2v) is 5.22. The van der Waals surface area contributed by atoms with E-state index in [-0.39, 0.29) is 24.9 Å². The highest BCUT2D eigenvalue weighted by Crippen LogP contribution is 2.24. The van der Waals surface area contributed by atoms with Crippen molar-refractivity contribution in [3.63, 3.8) is 0 Å². The van der Waals surface area contributed by atoms with Gasteiger partial charge < -0.3 is 15.4 Å². The van der Waals surface area contributed by atoms with Crippen molar-refractivity contribution in [3.05, 3.63) is 0 Å². The summed E-state index contributed by atoms with van der Waals surface area (Å²) < 4.78 is 5.11. The molecule has 1 rings (SSSR count). The molecule has 0 bridgehead atoms. The third-order valence-electron chi connectivity index (χ3n) is 3.80. The molecular weight excluding hydrogens is 252 g/mol. The Labute approximate surface area is 117 Å². The SMILES string of the molecule is COC(CN)C(=O)N1CCCC(C(C)C)CC1.Cl. The van der Waals surface area contributed by atoms with E-state index >= 15 is 0 Å². The number of likely N-dealkylation sites (tertiary alicyclic amines) is 1. The Kier molecular flexibility index (Phi) is 8.57. The molecular formula is C13H27ClN2O2. The molecule has 0 radical (unpaired) electrons. The Bertz CT molecular complexity index is 245. The number of methoxy groups -OCH3 is 1. The fourth-order valence-electron chi connectivity index (χ4n) is 2.51. The summed E-state index contributed by atoms with van der Waals surface area (Å²) in [5.41, 5.74) is 5.53. The van der Waals surface area contributed by atoms with Crippen LogP contribution in [0.3, 0.4) is 0 Å². The second kappa shape index (κ2) is 8.73. The van der Waals surface area contributed by atoms with Crippen molar-refractivity contribution in [2.24, 2.45) is 17.6 Å². The average Bonchev–Trinajstić information content (AvgIpc) is 2.55. The van der Waals surface area contributed by atoms with Crippen molar-refractivity contribution in [2.45, 2.75) is 39.2 Å². The molecule has 2 N–H and O–H groups in total. The first-order valence-electron chi connectivity index (χ1n) is 6.61. The molecule has 1 saturated heterocycles. The van der Waals surface area contributed by atoms with Gasteiger partial charge in [0.25, 0.3) is 5.91 Å². The number of nitrogens with zero attached hydrogens (tertiary/aromatic N) is 1. The van der Waals surface area contributed by atoms with Crippen LogP contribution in [-0.2, 0) is 9.53 Å². The summed E-state index contributed by atoms with van der Waals surface area (Å²) in [6.45, 7) is 6.49. The molecule has 1 aliphatic heterocycles. The van der Waals surface area contributed by atoms with E-state index in [0.717, 1.165) is 31.8 Å². The minimum Gasteiger partial charge on any atom is -0.370 e. The molecule has 0 aromatic carbocycles. The first kappa shape index (κ1) is 17.7. The average molecular weight is 279 g/mol. The van der Waals surface area contributed by atoms with E-state index < -0.39 is 6.10 Å². The molecule has 5 heteroatoms. The van der Waals surface area contributed by atoms with E-state index in [1.807, 2.05) is 4.90 Å². The highest BCUT2D eigenvalue weighted by molar-refractivity contribution is 5.85. The van der Waals surface area contributed by atoms with E-state index in [9.17, 15) is 4.79 Å². The zero-order valence-corrected chi connectivity index (χ0v) is 12.5. The quantitative estimate of drug-likeness (QED) is 0.851. The summed E-state index contributed by atoms with van der Waals surface area (Å²) in [4.78, 5) is 14.0. The summed E-state index contributed by atoms with van der Waals surface area (Å²) in [7, 11) is 1.55. The van der Waals surface area contributed by atoms with Gasteiger partial charge in [0.2, 0.25) is 0 Å². The maximum absolute atomic E-state index is 12.1. The van der Waals surface area contributed by atoms with Crippen molar-refractivity contribution >= 4 is 18.3 Å². The molecule has 0 aromatic heterocycles. The predicted molar refractivity (Wildman–Crippen MR) is 75.9 cm³/mol. The fraction of sp³-hybridized carbons (Fsp3) is 0.923. The summed E-state index contributed by atoms with van der Waals surface area (Å²) in [5.74, 6) is 1.50. The highest BCUT2D eigenvalue weighted by atomic mass is 35.5. The molecule has 0 saturated carbocycles. The van der Waals surface area contributed by atoms with Crippen molar-refractivity contribution in [1.29, 1.82) is 0 Å². The highest BCUT2D eigenvalue weighted by Gasteiger charge is 2.26. The smallest absolute Gasteiger partial charge is 0.253 e. The molecule has 1 fully saturated rings. The molecule has 108 valence electrons. The van der Waals surface area contributed by atoms with Crippen LogP contribution >= 0.6 is 12.4 Å². The molecule has 0 aliphatic carbocycles. The number of halogens is 1. The van der Waals surface area contributed by atoms with E-state index in [2.05, 4.69) is 13.8 Å². The zero-order chi connectivity index (χ0) is 12.8. The number of ether oxygens (including phenoxy) is 1. The van der Waals surface area contributed by atoms with Crippen LogP contribution in [-0.4, -0.2) is 43.7 Å². The standard InChI is InChI=1S/C13H26N2O2.ClH/c1-10(2)11-5-4-7-15(8-6-11)13(16)12(9-14)17-3;/h10-12H,4-9,14H2,1-3H3;1H. The Balaban J connectivity index is 0.00000289. The van der Waals surface area contributed by atoms with Crippen molar-refractivity contribution in [3.8, 4) is 0 Å². The van der Waals surface area contributed by atoms with Gasteiger partial charge in [-0.25, -0.2) is 0 Å². The van der Waals surface area contributed by atoms with E-state index in [1.165, 1.54) is 6.42 Å². The van der Waals surface area contributed by atoms with Gasteiger partial charge in [-0.2, -0.15) is 0 Å². The van der Waals surface area contributed by atoms with Crippen LogP contribution in [0.25, 0.3) is 0 Å². The van der Waals surface area contributed by atoms with Gasteiger partial charge in [0, 0.05) is 26.7 Å². The Morgan fingerprint density at radius 1 is 1.39 bits per heavy atom.